The number of anilines is 1. The van der Waals surface area contributed by atoms with Gasteiger partial charge in [0.1, 0.15) is 11.6 Å². The Kier molecular flexibility index (Phi) is 6.51. The second kappa shape index (κ2) is 8.82. The number of non-ortho nitro benzene ring substituents is 1. The topological polar surface area (TPSA) is 114 Å². The number of hydrogen-bond donors (Lipinski definition) is 1. The van der Waals surface area contributed by atoms with E-state index in [0.717, 1.165) is 0 Å². The molecule has 0 bridgehead atoms. The molecule has 0 aromatic heterocycles. The number of hydrogen-bond acceptors (Lipinski definition) is 6. The van der Waals surface area contributed by atoms with Crippen molar-refractivity contribution in [3.05, 3.63) is 62.1 Å². The molecular weight excluding hydrogens is 418 g/mol. The van der Waals surface area contributed by atoms with Gasteiger partial charge in [-0.25, -0.2) is 0 Å². The zero-order chi connectivity index (χ0) is 20.0. The number of nitriles is 1. The molecule has 0 aliphatic rings. The number of methoxy groups -OCH3 is 2. The minimum absolute atomic E-state index is 0.124. The van der Waals surface area contributed by atoms with E-state index in [0.29, 0.717) is 27.2 Å². The molecule has 2 aromatic carbocycles. The third-order valence-electron chi connectivity index (χ3n) is 3.50. The third-order valence-corrected chi connectivity index (χ3v) is 4.15. The number of ether oxygens (including phenoxy) is 2. The molecule has 2 rings (SSSR count). The van der Waals surface area contributed by atoms with E-state index in [1.165, 1.54) is 38.5 Å². The monoisotopic (exact) mass is 431 g/mol. The lowest BCUT2D eigenvalue weighted by Gasteiger charge is -2.09. The number of halogens is 1. The minimum atomic E-state index is -0.651. The van der Waals surface area contributed by atoms with Crippen LogP contribution >= 0.6 is 15.9 Å². The second-order valence-corrected chi connectivity index (χ2v) is 6.01. The van der Waals surface area contributed by atoms with Crippen LogP contribution < -0.4 is 14.8 Å². The van der Waals surface area contributed by atoms with Gasteiger partial charge in [-0.1, -0.05) is 6.07 Å². The fraction of sp³-hybridized carbons (Fsp3) is 0.111. The zero-order valence-electron chi connectivity index (χ0n) is 14.4. The number of amides is 1. The number of carbonyl (C=O) groups is 1. The van der Waals surface area contributed by atoms with Crippen LogP contribution in [-0.4, -0.2) is 25.1 Å². The average molecular weight is 432 g/mol. The molecular formula is C18H14BrN3O5. The van der Waals surface area contributed by atoms with Crippen molar-refractivity contribution in [2.75, 3.05) is 19.5 Å². The predicted octanol–water partition coefficient (Wildman–Crippen LogP) is 3.92. The molecule has 0 saturated carbocycles. The van der Waals surface area contributed by atoms with Gasteiger partial charge in [0.05, 0.1) is 24.8 Å². The van der Waals surface area contributed by atoms with Crippen molar-refractivity contribution in [2.45, 2.75) is 0 Å². The molecule has 8 nitrogen and oxygen atoms in total. The number of benzene rings is 2. The van der Waals surface area contributed by atoms with Gasteiger partial charge in [0, 0.05) is 16.6 Å². The Morgan fingerprint density at radius 2 is 1.93 bits per heavy atom. The summed E-state index contributed by atoms with van der Waals surface area (Å²) in [6, 6.07) is 10.7. The highest BCUT2D eigenvalue weighted by atomic mass is 79.9. The molecule has 2 aromatic rings. The van der Waals surface area contributed by atoms with Gasteiger partial charge >= 0.3 is 0 Å². The number of rotatable bonds is 6. The molecule has 27 heavy (non-hydrogen) atoms. The largest absolute Gasteiger partial charge is 0.493 e. The lowest BCUT2D eigenvalue weighted by atomic mass is 10.1. The summed E-state index contributed by atoms with van der Waals surface area (Å²) in [5.41, 5.74) is 0.606. The number of nitro benzene ring substituents is 1. The van der Waals surface area contributed by atoms with Crippen LogP contribution in [-0.2, 0) is 4.79 Å². The third kappa shape index (κ3) is 4.83. The van der Waals surface area contributed by atoms with Crippen molar-refractivity contribution < 1.29 is 19.2 Å². The maximum absolute atomic E-state index is 12.4. The summed E-state index contributed by atoms with van der Waals surface area (Å²) in [7, 11) is 2.99. The fourth-order valence-electron chi connectivity index (χ4n) is 2.17. The number of nitro groups is 1. The lowest BCUT2D eigenvalue weighted by Crippen LogP contribution is -2.13. The van der Waals surface area contributed by atoms with Crippen LogP contribution in [0, 0.1) is 21.4 Å². The van der Waals surface area contributed by atoms with E-state index in [1.807, 2.05) is 6.07 Å². The van der Waals surface area contributed by atoms with E-state index in [2.05, 4.69) is 21.2 Å². The average Bonchev–Trinajstić information content (AvgIpc) is 2.67. The fourth-order valence-corrected chi connectivity index (χ4v) is 2.63. The van der Waals surface area contributed by atoms with E-state index in [-0.39, 0.29) is 11.3 Å². The summed E-state index contributed by atoms with van der Waals surface area (Å²) in [5.74, 6) is 0.330. The summed E-state index contributed by atoms with van der Waals surface area (Å²) < 4.78 is 10.7. The maximum atomic E-state index is 12.4. The van der Waals surface area contributed by atoms with Crippen LogP contribution in [0.2, 0.25) is 0 Å². The molecule has 1 N–H and O–H groups in total. The summed E-state index contributed by atoms with van der Waals surface area (Å²) in [6.07, 6.45) is 1.40. The highest BCUT2D eigenvalue weighted by Crippen LogP contribution is 2.29. The molecule has 0 heterocycles. The molecule has 0 aliphatic carbocycles. The maximum Gasteiger partial charge on any atom is 0.270 e. The van der Waals surface area contributed by atoms with Gasteiger partial charge in [-0.15, -0.1) is 0 Å². The van der Waals surface area contributed by atoms with Crippen molar-refractivity contribution in [1.29, 1.82) is 5.26 Å². The van der Waals surface area contributed by atoms with Crippen LogP contribution in [0.5, 0.6) is 11.5 Å². The molecule has 9 heteroatoms. The minimum Gasteiger partial charge on any atom is -0.493 e. The van der Waals surface area contributed by atoms with Gasteiger partial charge in [-0.05, 0) is 45.8 Å². The smallest absolute Gasteiger partial charge is 0.270 e. The summed E-state index contributed by atoms with van der Waals surface area (Å²) in [4.78, 5) is 22.6. The first-order valence-corrected chi connectivity index (χ1v) is 8.28. The van der Waals surface area contributed by atoms with E-state index < -0.39 is 10.8 Å². The Morgan fingerprint density at radius 3 is 2.48 bits per heavy atom. The summed E-state index contributed by atoms with van der Waals surface area (Å²) >= 11 is 3.16. The van der Waals surface area contributed by atoms with Gasteiger partial charge in [0.15, 0.2) is 11.5 Å². The van der Waals surface area contributed by atoms with Gasteiger partial charge in [-0.2, -0.15) is 5.26 Å². The molecule has 0 fully saturated rings. The Bertz CT molecular complexity index is 966. The van der Waals surface area contributed by atoms with E-state index in [4.69, 9.17) is 9.47 Å². The Hall–Kier alpha value is -3.38. The molecule has 1 amide bonds. The van der Waals surface area contributed by atoms with Crippen LogP contribution in [0.15, 0.2) is 46.4 Å². The Morgan fingerprint density at radius 1 is 1.22 bits per heavy atom. The normalized spacial score (nSPS) is 10.7. The zero-order valence-corrected chi connectivity index (χ0v) is 15.9. The number of nitrogens with one attached hydrogen (secondary N) is 1. The molecule has 0 spiro atoms. The first-order valence-electron chi connectivity index (χ1n) is 7.48. The van der Waals surface area contributed by atoms with Crippen LogP contribution in [0.4, 0.5) is 11.4 Å². The SMILES string of the molecule is COc1ccc(/C=C(\C#N)C(=O)Nc2ccc([N+](=O)[O-])cc2Br)cc1OC. The van der Waals surface area contributed by atoms with Gasteiger partial charge in [-0.3, -0.25) is 14.9 Å². The van der Waals surface area contributed by atoms with Crippen LogP contribution in [0.25, 0.3) is 6.08 Å². The molecule has 0 saturated heterocycles. The lowest BCUT2D eigenvalue weighted by molar-refractivity contribution is -0.384. The molecule has 0 atom stereocenters. The quantitative estimate of drug-likeness (QED) is 0.320. The first kappa shape index (κ1) is 19.9. The van der Waals surface area contributed by atoms with Crippen molar-refractivity contribution in [2.24, 2.45) is 0 Å². The van der Waals surface area contributed by atoms with E-state index in [1.54, 1.807) is 18.2 Å². The predicted molar refractivity (Wildman–Crippen MR) is 103 cm³/mol. The highest BCUT2D eigenvalue weighted by Gasteiger charge is 2.14. The highest BCUT2D eigenvalue weighted by molar-refractivity contribution is 9.10. The van der Waals surface area contributed by atoms with Gasteiger partial charge < -0.3 is 14.8 Å². The second-order valence-electron chi connectivity index (χ2n) is 5.16. The van der Waals surface area contributed by atoms with Crippen molar-refractivity contribution in [1.82, 2.24) is 0 Å². The number of nitrogens with zero attached hydrogens (tertiary/aromatic N) is 2. The van der Waals surface area contributed by atoms with Crippen molar-refractivity contribution >= 4 is 39.3 Å². The molecule has 0 aliphatic heterocycles. The standard InChI is InChI=1S/C18H14BrN3O5/c1-26-16-6-3-11(8-17(16)27-2)7-12(10-20)18(23)21-15-5-4-13(22(24)25)9-14(15)19/h3-9H,1-2H3,(H,21,23)/b12-7+. The van der Waals surface area contributed by atoms with Crippen molar-refractivity contribution in [3.63, 3.8) is 0 Å². The summed E-state index contributed by atoms with van der Waals surface area (Å²) in [6.45, 7) is 0. The molecule has 0 radical (unpaired) electrons. The van der Waals surface area contributed by atoms with Gasteiger partial charge in [0.25, 0.3) is 11.6 Å². The Labute approximate surface area is 163 Å². The summed E-state index contributed by atoms with van der Waals surface area (Å²) in [5, 5.41) is 22.6. The van der Waals surface area contributed by atoms with Gasteiger partial charge in [0.2, 0.25) is 0 Å². The van der Waals surface area contributed by atoms with Crippen LogP contribution in [0.1, 0.15) is 5.56 Å². The first-order chi connectivity index (χ1) is 12.9. The number of carbonyl (C=O) groups excluding carboxylic acids is 1. The van der Waals surface area contributed by atoms with E-state index >= 15 is 0 Å². The van der Waals surface area contributed by atoms with Crippen LogP contribution in [0.3, 0.4) is 0 Å². The molecule has 0 unspecified atom stereocenters. The molecule has 138 valence electrons. The van der Waals surface area contributed by atoms with E-state index in [9.17, 15) is 20.2 Å². The van der Waals surface area contributed by atoms with Crippen molar-refractivity contribution in [3.8, 4) is 17.6 Å². The Balaban J connectivity index is 2.27.